The topological polar surface area (TPSA) is 98.7 Å². The van der Waals surface area contributed by atoms with Gasteiger partial charge in [-0.3, -0.25) is 9.59 Å². The summed E-state index contributed by atoms with van der Waals surface area (Å²) >= 11 is 0. The first-order chi connectivity index (χ1) is 9.97. The first-order valence-corrected chi connectivity index (χ1v) is 7.52. The average molecular weight is 297 g/mol. The molecule has 7 nitrogen and oxygen atoms in total. The van der Waals surface area contributed by atoms with Crippen molar-refractivity contribution in [2.24, 2.45) is 5.41 Å². The molecule has 2 heterocycles. The van der Waals surface area contributed by atoms with E-state index in [-0.39, 0.29) is 24.5 Å². The van der Waals surface area contributed by atoms with Gasteiger partial charge in [-0.05, 0) is 19.3 Å². The van der Waals surface area contributed by atoms with Gasteiger partial charge in [-0.25, -0.2) is 4.79 Å². The fourth-order valence-electron chi connectivity index (χ4n) is 3.13. The molecule has 3 amide bonds. The number of urea groups is 1. The van der Waals surface area contributed by atoms with Crippen molar-refractivity contribution < 1.29 is 19.5 Å². The molecular formula is C14H23N3O4. The smallest absolute Gasteiger partial charge is 0.317 e. The highest BCUT2D eigenvalue weighted by Crippen LogP contribution is 2.35. The molecule has 0 aromatic heterocycles. The van der Waals surface area contributed by atoms with Gasteiger partial charge >= 0.3 is 12.0 Å². The zero-order valence-electron chi connectivity index (χ0n) is 12.4. The van der Waals surface area contributed by atoms with E-state index in [1.807, 2.05) is 6.92 Å². The van der Waals surface area contributed by atoms with Crippen LogP contribution in [0.2, 0.25) is 0 Å². The van der Waals surface area contributed by atoms with Crippen molar-refractivity contribution in [3.8, 4) is 0 Å². The maximum atomic E-state index is 12.2. The molecule has 0 saturated carbocycles. The second-order valence-corrected chi connectivity index (χ2v) is 6.00. The molecule has 7 heteroatoms. The largest absolute Gasteiger partial charge is 0.481 e. The molecule has 3 N–H and O–H groups in total. The molecule has 2 fully saturated rings. The number of hydrogen-bond donors (Lipinski definition) is 3. The Morgan fingerprint density at radius 2 is 2.29 bits per heavy atom. The van der Waals surface area contributed by atoms with E-state index >= 15 is 0 Å². The van der Waals surface area contributed by atoms with Gasteiger partial charge in [0, 0.05) is 32.1 Å². The molecule has 2 saturated heterocycles. The molecule has 0 aromatic rings. The Balaban J connectivity index is 1.89. The van der Waals surface area contributed by atoms with E-state index in [1.165, 1.54) is 0 Å². The Morgan fingerprint density at radius 3 is 2.86 bits per heavy atom. The van der Waals surface area contributed by atoms with Crippen molar-refractivity contribution in [3.63, 3.8) is 0 Å². The second-order valence-electron chi connectivity index (χ2n) is 6.00. The van der Waals surface area contributed by atoms with Gasteiger partial charge in [0.05, 0.1) is 5.41 Å². The molecular weight excluding hydrogens is 274 g/mol. The number of carboxylic acid groups (broad SMARTS) is 1. The van der Waals surface area contributed by atoms with Gasteiger partial charge in [-0.2, -0.15) is 0 Å². The maximum Gasteiger partial charge on any atom is 0.317 e. The van der Waals surface area contributed by atoms with Crippen LogP contribution < -0.4 is 10.6 Å². The van der Waals surface area contributed by atoms with Crippen LogP contribution in [0.3, 0.4) is 0 Å². The summed E-state index contributed by atoms with van der Waals surface area (Å²) in [7, 11) is 0. The third kappa shape index (κ3) is 3.46. The summed E-state index contributed by atoms with van der Waals surface area (Å²) in [5, 5.41) is 15.0. The summed E-state index contributed by atoms with van der Waals surface area (Å²) in [6, 6.07) is -0.295. The molecule has 0 radical (unpaired) electrons. The Labute approximate surface area is 124 Å². The SMILES string of the molecule is CCCC1(C(=O)O)CCN(C(=O)NC2CCC(=O)NC2)C1. The lowest BCUT2D eigenvalue weighted by molar-refractivity contribution is -0.148. The molecule has 2 unspecified atom stereocenters. The number of hydrogen-bond acceptors (Lipinski definition) is 3. The third-order valence-electron chi connectivity index (χ3n) is 4.42. The molecule has 0 aliphatic carbocycles. The van der Waals surface area contributed by atoms with Crippen LogP contribution in [-0.2, 0) is 9.59 Å². The molecule has 2 aliphatic heterocycles. The molecule has 118 valence electrons. The van der Waals surface area contributed by atoms with Crippen molar-refractivity contribution in [2.45, 2.75) is 45.1 Å². The van der Waals surface area contributed by atoms with E-state index in [4.69, 9.17) is 0 Å². The second kappa shape index (κ2) is 6.32. The van der Waals surface area contributed by atoms with Gasteiger partial charge in [-0.1, -0.05) is 13.3 Å². The molecule has 2 atom stereocenters. The fraction of sp³-hybridized carbons (Fsp3) is 0.786. The number of aliphatic carboxylic acids is 1. The number of rotatable bonds is 4. The lowest BCUT2D eigenvalue weighted by atomic mass is 9.83. The number of carbonyl (C=O) groups is 3. The van der Waals surface area contributed by atoms with Gasteiger partial charge < -0.3 is 20.6 Å². The van der Waals surface area contributed by atoms with Crippen molar-refractivity contribution >= 4 is 17.9 Å². The third-order valence-corrected chi connectivity index (χ3v) is 4.42. The lowest BCUT2D eigenvalue weighted by Crippen LogP contribution is -2.51. The van der Waals surface area contributed by atoms with E-state index < -0.39 is 11.4 Å². The quantitative estimate of drug-likeness (QED) is 0.705. The van der Waals surface area contributed by atoms with Crippen molar-refractivity contribution in [1.82, 2.24) is 15.5 Å². The van der Waals surface area contributed by atoms with Crippen molar-refractivity contribution in [1.29, 1.82) is 0 Å². The van der Waals surface area contributed by atoms with Gasteiger partial charge in [0.25, 0.3) is 0 Å². The van der Waals surface area contributed by atoms with E-state index in [0.29, 0.717) is 38.8 Å². The summed E-state index contributed by atoms with van der Waals surface area (Å²) < 4.78 is 0. The van der Waals surface area contributed by atoms with Gasteiger partial charge in [0.15, 0.2) is 0 Å². The molecule has 2 rings (SSSR count). The number of piperidine rings is 1. The number of amides is 3. The summed E-state index contributed by atoms with van der Waals surface area (Å²) in [6.45, 7) is 3.13. The molecule has 0 aromatic carbocycles. The predicted octanol–water partition coefficient (Wildman–Crippen LogP) is 0.551. The highest BCUT2D eigenvalue weighted by atomic mass is 16.4. The number of nitrogens with one attached hydrogen (secondary N) is 2. The normalized spacial score (nSPS) is 29.1. The average Bonchev–Trinajstić information content (AvgIpc) is 2.88. The predicted molar refractivity (Wildman–Crippen MR) is 75.7 cm³/mol. The van der Waals surface area contributed by atoms with Crippen LogP contribution in [0.5, 0.6) is 0 Å². The van der Waals surface area contributed by atoms with Gasteiger partial charge in [0.1, 0.15) is 0 Å². The first kappa shape index (κ1) is 15.6. The summed E-state index contributed by atoms with van der Waals surface area (Å²) in [5.74, 6) is -0.806. The van der Waals surface area contributed by atoms with E-state index in [9.17, 15) is 19.5 Å². The Morgan fingerprint density at radius 1 is 1.52 bits per heavy atom. The Kier molecular flexibility index (Phi) is 4.69. The van der Waals surface area contributed by atoms with E-state index in [0.717, 1.165) is 6.42 Å². The molecule has 0 bridgehead atoms. The standard InChI is InChI=1S/C14H23N3O4/c1-2-5-14(12(19)20)6-7-17(9-14)13(21)16-10-3-4-11(18)15-8-10/h10H,2-9H2,1H3,(H,15,18)(H,16,21)(H,19,20). The molecule has 0 spiro atoms. The van der Waals surface area contributed by atoms with E-state index in [1.54, 1.807) is 4.90 Å². The summed E-state index contributed by atoms with van der Waals surface area (Å²) in [4.78, 5) is 36.4. The van der Waals surface area contributed by atoms with Gasteiger partial charge in [-0.15, -0.1) is 0 Å². The van der Waals surface area contributed by atoms with Crippen LogP contribution in [0.1, 0.15) is 39.0 Å². The summed E-state index contributed by atoms with van der Waals surface area (Å²) in [6.07, 6.45) is 2.93. The maximum absolute atomic E-state index is 12.2. The molecule has 21 heavy (non-hydrogen) atoms. The Bertz CT molecular complexity index is 430. The zero-order chi connectivity index (χ0) is 15.5. The lowest BCUT2D eigenvalue weighted by Gasteiger charge is -2.28. The van der Waals surface area contributed by atoms with Crippen LogP contribution in [0, 0.1) is 5.41 Å². The van der Waals surface area contributed by atoms with E-state index in [2.05, 4.69) is 10.6 Å². The number of carbonyl (C=O) groups excluding carboxylic acids is 2. The minimum absolute atomic E-state index is 0.00881. The highest BCUT2D eigenvalue weighted by molar-refractivity contribution is 5.80. The molecule has 2 aliphatic rings. The number of nitrogens with zero attached hydrogens (tertiary/aromatic N) is 1. The van der Waals surface area contributed by atoms with Gasteiger partial charge in [0.2, 0.25) is 5.91 Å². The minimum atomic E-state index is -0.815. The van der Waals surface area contributed by atoms with Crippen LogP contribution in [0.4, 0.5) is 4.79 Å². The van der Waals surface area contributed by atoms with Crippen LogP contribution in [-0.4, -0.2) is 53.6 Å². The van der Waals surface area contributed by atoms with Crippen molar-refractivity contribution in [3.05, 3.63) is 0 Å². The van der Waals surface area contributed by atoms with Crippen LogP contribution in [0.15, 0.2) is 0 Å². The fourth-order valence-corrected chi connectivity index (χ4v) is 3.13. The zero-order valence-corrected chi connectivity index (χ0v) is 12.4. The first-order valence-electron chi connectivity index (χ1n) is 7.52. The van der Waals surface area contributed by atoms with Crippen LogP contribution in [0.25, 0.3) is 0 Å². The highest BCUT2D eigenvalue weighted by Gasteiger charge is 2.45. The minimum Gasteiger partial charge on any atom is -0.481 e. The Hall–Kier alpha value is -1.79. The summed E-state index contributed by atoms with van der Waals surface area (Å²) in [5.41, 5.74) is -0.799. The monoisotopic (exact) mass is 297 g/mol. The van der Waals surface area contributed by atoms with Crippen LogP contribution >= 0.6 is 0 Å². The number of likely N-dealkylation sites (tertiary alicyclic amines) is 1. The number of carboxylic acids is 1. The van der Waals surface area contributed by atoms with Crippen molar-refractivity contribution in [2.75, 3.05) is 19.6 Å².